The number of rotatable bonds is 4. The molecule has 128 valence electrons. The van der Waals surface area contributed by atoms with Gasteiger partial charge in [0.15, 0.2) is 5.16 Å². The molecule has 1 aromatic carbocycles. The summed E-state index contributed by atoms with van der Waals surface area (Å²) in [6.45, 7) is 0. The van der Waals surface area contributed by atoms with Crippen molar-refractivity contribution in [2.45, 2.75) is 30.5 Å². The highest BCUT2D eigenvalue weighted by Crippen LogP contribution is 2.30. The van der Waals surface area contributed by atoms with Crippen LogP contribution in [0.1, 0.15) is 40.6 Å². The first-order valence-corrected chi connectivity index (χ1v) is 9.53. The zero-order chi connectivity index (χ0) is 17.2. The van der Waals surface area contributed by atoms with Gasteiger partial charge in [0.1, 0.15) is 5.76 Å². The van der Waals surface area contributed by atoms with Crippen LogP contribution in [-0.2, 0) is 6.42 Å². The Morgan fingerprint density at radius 2 is 2.16 bits per heavy atom. The third-order valence-electron chi connectivity index (χ3n) is 4.55. The predicted molar refractivity (Wildman–Crippen MR) is 97.2 cm³/mol. The van der Waals surface area contributed by atoms with Gasteiger partial charge in [-0.3, -0.25) is 9.36 Å². The standard InChI is InChI=1S/C19H19N3O2S/c1-25-19-20-10-11-22(19)14-7-5-13(6-8-14)18(23)21-16-3-2-4-17-15(16)9-12-24-17/h5-12,16H,2-4H2,1H3,(H,21,23). The molecular formula is C19H19N3O2S. The van der Waals surface area contributed by atoms with Crippen molar-refractivity contribution >= 4 is 17.7 Å². The average molecular weight is 353 g/mol. The molecule has 2 aromatic heterocycles. The highest BCUT2D eigenvalue weighted by Gasteiger charge is 2.24. The number of nitrogens with zero attached hydrogens (tertiary/aromatic N) is 2. The van der Waals surface area contributed by atoms with Gasteiger partial charge in [-0.25, -0.2) is 4.98 Å². The molecule has 1 atom stereocenters. The number of hydrogen-bond donors (Lipinski definition) is 1. The number of aryl methyl sites for hydroxylation is 1. The fourth-order valence-electron chi connectivity index (χ4n) is 3.29. The van der Waals surface area contributed by atoms with Crippen molar-refractivity contribution in [3.63, 3.8) is 0 Å². The van der Waals surface area contributed by atoms with Gasteiger partial charge in [-0.15, -0.1) is 0 Å². The molecule has 0 bridgehead atoms. The molecule has 1 aliphatic carbocycles. The summed E-state index contributed by atoms with van der Waals surface area (Å²) in [7, 11) is 0. The zero-order valence-corrected chi connectivity index (χ0v) is 14.8. The summed E-state index contributed by atoms with van der Waals surface area (Å²) in [6.07, 6.45) is 10.3. The lowest BCUT2D eigenvalue weighted by Crippen LogP contribution is -2.30. The van der Waals surface area contributed by atoms with Crippen LogP contribution in [0, 0.1) is 0 Å². The van der Waals surface area contributed by atoms with Gasteiger partial charge < -0.3 is 9.73 Å². The van der Waals surface area contributed by atoms with Gasteiger partial charge in [-0.1, -0.05) is 11.8 Å². The van der Waals surface area contributed by atoms with Crippen LogP contribution < -0.4 is 5.32 Å². The van der Waals surface area contributed by atoms with Crippen molar-refractivity contribution in [1.29, 1.82) is 0 Å². The predicted octanol–water partition coefficient (Wildman–Crippen LogP) is 3.99. The van der Waals surface area contributed by atoms with Crippen LogP contribution in [0.4, 0.5) is 0 Å². The van der Waals surface area contributed by atoms with Gasteiger partial charge >= 0.3 is 0 Å². The lowest BCUT2D eigenvalue weighted by atomic mass is 9.93. The molecule has 5 nitrogen and oxygen atoms in total. The molecule has 3 aromatic rings. The maximum Gasteiger partial charge on any atom is 0.251 e. The molecule has 0 saturated heterocycles. The molecule has 1 aliphatic rings. The Kier molecular flexibility index (Phi) is 4.36. The van der Waals surface area contributed by atoms with Crippen LogP contribution in [0.3, 0.4) is 0 Å². The lowest BCUT2D eigenvalue weighted by molar-refractivity contribution is 0.0932. The van der Waals surface area contributed by atoms with E-state index in [2.05, 4.69) is 10.3 Å². The normalized spacial score (nSPS) is 16.4. The number of hydrogen-bond acceptors (Lipinski definition) is 4. The molecule has 0 fully saturated rings. The fraction of sp³-hybridized carbons (Fsp3) is 0.263. The summed E-state index contributed by atoms with van der Waals surface area (Å²) in [5.41, 5.74) is 2.76. The number of fused-ring (bicyclic) bond motifs is 1. The maximum atomic E-state index is 12.6. The molecule has 25 heavy (non-hydrogen) atoms. The van der Waals surface area contributed by atoms with Gasteiger partial charge in [0.25, 0.3) is 5.91 Å². The average Bonchev–Trinajstić information content (AvgIpc) is 3.31. The van der Waals surface area contributed by atoms with Crippen molar-refractivity contribution in [2.75, 3.05) is 6.26 Å². The van der Waals surface area contributed by atoms with E-state index in [0.717, 1.165) is 41.4 Å². The minimum atomic E-state index is -0.0543. The molecule has 1 N–H and O–H groups in total. The van der Waals surface area contributed by atoms with E-state index in [9.17, 15) is 4.79 Å². The number of aromatic nitrogens is 2. The van der Waals surface area contributed by atoms with Crippen LogP contribution in [0.2, 0.25) is 0 Å². The molecule has 1 amide bonds. The van der Waals surface area contributed by atoms with Crippen molar-refractivity contribution in [1.82, 2.24) is 14.9 Å². The number of thioether (sulfide) groups is 1. The smallest absolute Gasteiger partial charge is 0.251 e. The first-order valence-electron chi connectivity index (χ1n) is 8.31. The second-order valence-electron chi connectivity index (χ2n) is 6.05. The number of benzene rings is 1. The van der Waals surface area contributed by atoms with E-state index >= 15 is 0 Å². The number of furan rings is 1. The topological polar surface area (TPSA) is 60.1 Å². The third-order valence-corrected chi connectivity index (χ3v) is 5.22. The summed E-state index contributed by atoms with van der Waals surface area (Å²) >= 11 is 1.59. The van der Waals surface area contributed by atoms with Gasteiger partial charge in [0, 0.05) is 35.6 Å². The minimum Gasteiger partial charge on any atom is -0.469 e. The van der Waals surface area contributed by atoms with E-state index in [-0.39, 0.29) is 11.9 Å². The quantitative estimate of drug-likeness (QED) is 0.721. The Morgan fingerprint density at radius 1 is 1.32 bits per heavy atom. The van der Waals surface area contributed by atoms with Crippen molar-refractivity contribution in [3.8, 4) is 5.69 Å². The molecule has 2 heterocycles. The van der Waals surface area contributed by atoms with Crippen LogP contribution in [0.25, 0.3) is 5.69 Å². The SMILES string of the molecule is CSc1nccn1-c1ccc(C(=O)NC2CCCc3occc32)cc1. The van der Waals surface area contributed by atoms with Crippen molar-refractivity contribution in [2.24, 2.45) is 0 Å². The Bertz CT molecular complexity index is 882. The second kappa shape index (κ2) is 6.80. The Hall–Kier alpha value is -2.47. The monoisotopic (exact) mass is 353 g/mol. The molecule has 6 heteroatoms. The van der Waals surface area contributed by atoms with Gasteiger partial charge in [0.05, 0.1) is 12.3 Å². The zero-order valence-electron chi connectivity index (χ0n) is 13.9. The summed E-state index contributed by atoms with van der Waals surface area (Å²) in [5, 5.41) is 4.06. The van der Waals surface area contributed by atoms with Crippen molar-refractivity contribution < 1.29 is 9.21 Å². The molecule has 0 aliphatic heterocycles. The molecule has 1 unspecified atom stereocenters. The van der Waals surface area contributed by atoms with E-state index in [4.69, 9.17) is 4.42 Å². The van der Waals surface area contributed by atoms with Crippen molar-refractivity contribution in [3.05, 3.63) is 65.9 Å². The molecule has 4 rings (SSSR count). The van der Waals surface area contributed by atoms with Gasteiger partial charge in [-0.05, 0) is 49.4 Å². The number of imidazole rings is 1. The summed E-state index contributed by atoms with van der Waals surface area (Å²) in [5.74, 6) is 0.943. The molecular weight excluding hydrogens is 334 g/mol. The van der Waals surface area contributed by atoms with Crippen LogP contribution >= 0.6 is 11.8 Å². The van der Waals surface area contributed by atoms with E-state index < -0.39 is 0 Å². The highest BCUT2D eigenvalue weighted by molar-refractivity contribution is 7.98. The first-order chi connectivity index (χ1) is 12.3. The largest absolute Gasteiger partial charge is 0.469 e. The number of nitrogens with one attached hydrogen (secondary N) is 1. The Balaban J connectivity index is 1.50. The second-order valence-corrected chi connectivity index (χ2v) is 6.82. The number of amides is 1. The maximum absolute atomic E-state index is 12.6. The first kappa shape index (κ1) is 16.0. The molecule has 0 radical (unpaired) electrons. The molecule has 0 spiro atoms. The highest BCUT2D eigenvalue weighted by atomic mass is 32.2. The summed E-state index contributed by atoms with van der Waals surface area (Å²) in [6, 6.07) is 9.60. The number of carbonyl (C=O) groups is 1. The number of carbonyl (C=O) groups excluding carboxylic acids is 1. The van der Waals surface area contributed by atoms with Gasteiger partial charge in [0.2, 0.25) is 0 Å². The summed E-state index contributed by atoms with van der Waals surface area (Å²) in [4.78, 5) is 16.9. The van der Waals surface area contributed by atoms with E-state index in [1.54, 1.807) is 24.2 Å². The van der Waals surface area contributed by atoms with Crippen LogP contribution in [-0.4, -0.2) is 21.7 Å². The Labute approximate surface area is 150 Å². The van der Waals surface area contributed by atoms with E-state index in [0.29, 0.717) is 5.56 Å². The summed E-state index contributed by atoms with van der Waals surface area (Å²) < 4.78 is 7.50. The fourth-order valence-corrected chi connectivity index (χ4v) is 3.82. The minimum absolute atomic E-state index is 0.0337. The van der Waals surface area contributed by atoms with Crippen LogP contribution in [0.5, 0.6) is 0 Å². The Morgan fingerprint density at radius 3 is 2.96 bits per heavy atom. The van der Waals surface area contributed by atoms with Crippen LogP contribution in [0.15, 0.2) is 58.6 Å². The van der Waals surface area contributed by atoms with E-state index in [1.807, 2.05) is 47.4 Å². The van der Waals surface area contributed by atoms with E-state index in [1.165, 1.54) is 0 Å². The molecule has 0 saturated carbocycles. The van der Waals surface area contributed by atoms with Gasteiger partial charge in [-0.2, -0.15) is 0 Å². The lowest BCUT2D eigenvalue weighted by Gasteiger charge is -2.22. The third kappa shape index (κ3) is 3.09.